The minimum absolute atomic E-state index is 0.0847. The zero-order valence-corrected chi connectivity index (χ0v) is 14.8. The predicted molar refractivity (Wildman–Crippen MR) is 93.4 cm³/mol. The van der Waals surface area contributed by atoms with Crippen molar-refractivity contribution < 1.29 is 8.42 Å². The first-order valence-corrected chi connectivity index (χ1v) is 9.05. The molecule has 21 heavy (non-hydrogen) atoms. The highest BCUT2D eigenvalue weighted by Gasteiger charge is 2.20. The van der Waals surface area contributed by atoms with Crippen LogP contribution in [-0.2, 0) is 10.0 Å². The largest absolute Gasteiger partial charge is 0.369 e. The molecule has 0 saturated heterocycles. The maximum absolute atomic E-state index is 12.5. The SMILES string of the molecule is CCNc1ncccc1S(=O)(=O)Nc1ccc(I)cc1Cl. The van der Waals surface area contributed by atoms with Gasteiger partial charge in [-0.15, -0.1) is 0 Å². The van der Waals surface area contributed by atoms with Gasteiger partial charge in [0, 0.05) is 16.3 Å². The lowest BCUT2D eigenvalue weighted by Gasteiger charge is -2.13. The monoisotopic (exact) mass is 437 g/mol. The van der Waals surface area contributed by atoms with Crippen molar-refractivity contribution in [1.82, 2.24) is 4.98 Å². The lowest BCUT2D eigenvalue weighted by Crippen LogP contribution is -2.16. The van der Waals surface area contributed by atoms with Gasteiger partial charge in [0.2, 0.25) is 0 Å². The van der Waals surface area contributed by atoms with Crippen LogP contribution in [0.15, 0.2) is 41.4 Å². The Labute approximate surface area is 142 Å². The topological polar surface area (TPSA) is 71.1 Å². The Bertz CT molecular complexity index is 753. The molecule has 0 aliphatic carbocycles. The van der Waals surface area contributed by atoms with Gasteiger partial charge in [-0.05, 0) is 59.8 Å². The van der Waals surface area contributed by atoms with E-state index in [9.17, 15) is 8.42 Å². The number of nitrogens with one attached hydrogen (secondary N) is 2. The summed E-state index contributed by atoms with van der Waals surface area (Å²) in [7, 11) is -3.76. The fourth-order valence-corrected chi connectivity index (χ4v) is 3.85. The van der Waals surface area contributed by atoms with E-state index in [-0.39, 0.29) is 4.90 Å². The number of halogens is 2. The first-order chi connectivity index (χ1) is 9.94. The lowest BCUT2D eigenvalue weighted by molar-refractivity contribution is 0.601. The van der Waals surface area contributed by atoms with Gasteiger partial charge in [-0.25, -0.2) is 13.4 Å². The van der Waals surface area contributed by atoms with Crippen LogP contribution in [0.25, 0.3) is 0 Å². The molecule has 0 unspecified atom stereocenters. The van der Waals surface area contributed by atoms with E-state index in [1.54, 1.807) is 24.3 Å². The van der Waals surface area contributed by atoms with Crippen LogP contribution >= 0.6 is 34.2 Å². The molecule has 5 nitrogen and oxygen atoms in total. The average Bonchev–Trinajstić information content (AvgIpc) is 2.43. The molecule has 0 fully saturated rings. The zero-order chi connectivity index (χ0) is 15.5. The molecule has 1 aromatic carbocycles. The quantitative estimate of drug-likeness (QED) is 0.702. The predicted octanol–water partition coefficient (Wildman–Crippen LogP) is 3.57. The number of hydrogen-bond acceptors (Lipinski definition) is 4. The number of sulfonamides is 1. The molecule has 2 rings (SSSR count). The Kier molecular flexibility index (Phi) is 5.28. The Balaban J connectivity index is 2.39. The van der Waals surface area contributed by atoms with Crippen LogP contribution in [0.3, 0.4) is 0 Å². The van der Waals surface area contributed by atoms with Crippen molar-refractivity contribution in [3.63, 3.8) is 0 Å². The third-order valence-electron chi connectivity index (χ3n) is 2.58. The van der Waals surface area contributed by atoms with Crippen LogP contribution in [0.4, 0.5) is 11.5 Å². The van der Waals surface area contributed by atoms with Crippen molar-refractivity contribution >= 4 is 55.7 Å². The van der Waals surface area contributed by atoms with Gasteiger partial charge in [0.05, 0.1) is 10.7 Å². The minimum atomic E-state index is -3.76. The molecule has 0 spiro atoms. The van der Waals surface area contributed by atoms with Crippen molar-refractivity contribution in [2.45, 2.75) is 11.8 Å². The number of anilines is 2. The number of rotatable bonds is 5. The zero-order valence-electron chi connectivity index (χ0n) is 11.1. The molecule has 0 aliphatic heterocycles. The average molecular weight is 438 g/mol. The Morgan fingerprint density at radius 3 is 2.76 bits per heavy atom. The van der Waals surface area contributed by atoms with E-state index in [1.807, 2.05) is 6.92 Å². The smallest absolute Gasteiger partial charge is 0.265 e. The second-order valence-electron chi connectivity index (χ2n) is 4.11. The van der Waals surface area contributed by atoms with Crippen molar-refractivity contribution in [1.29, 1.82) is 0 Å². The third-order valence-corrected chi connectivity index (χ3v) is 4.96. The molecule has 0 radical (unpaired) electrons. The van der Waals surface area contributed by atoms with E-state index in [1.165, 1.54) is 12.3 Å². The molecule has 1 aromatic heterocycles. The molecule has 0 aliphatic rings. The van der Waals surface area contributed by atoms with Crippen LogP contribution in [0.2, 0.25) is 5.02 Å². The van der Waals surface area contributed by atoms with Gasteiger partial charge in [0.25, 0.3) is 10.0 Å². The van der Waals surface area contributed by atoms with Crippen LogP contribution < -0.4 is 10.0 Å². The summed E-state index contributed by atoms with van der Waals surface area (Å²) in [5.41, 5.74) is 0.336. The molecule has 8 heteroatoms. The summed E-state index contributed by atoms with van der Waals surface area (Å²) in [6, 6.07) is 8.16. The standard InChI is InChI=1S/C13H13ClIN3O2S/c1-2-16-13-12(4-3-7-17-13)21(19,20)18-11-6-5-9(15)8-10(11)14/h3-8,18H,2H2,1H3,(H,16,17). The second kappa shape index (κ2) is 6.80. The fourth-order valence-electron chi connectivity index (χ4n) is 1.68. The van der Waals surface area contributed by atoms with Gasteiger partial charge < -0.3 is 5.32 Å². The molecule has 0 bridgehead atoms. The maximum Gasteiger partial charge on any atom is 0.265 e. The van der Waals surface area contributed by atoms with E-state index in [0.29, 0.717) is 23.1 Å². The van der Waals surface area contributed by atoms with Crippen molar-refractivity contribution in [2.75, 3.05) is 16.6 Å². The molecule has 2 N–H and O–H groups in total. The number of hydrogen-bond donors (Lipinski definition) is 2. The fraction of sp³-hybridized carbons (Fsp3) is 0.154. The van der Waals surface area contributed by atoms with Gasteiger partial charge >= 0.3 is 0 Å². The summed E-state index contributed by atoms with van der Waals surface area (Å²) in [6.45, 7) is 2.44. The van der Waals surface area contributed by atoms with Gasteiger partial charge in [-0.2, -0.15) is 0 Å². The summed E-state index contributed by atoms with van der Waals surface area (Å²) in [5, 5.41) is 3.27. The third kappa shape index (κ3) is 3.98. The summed E-state index contributed by atoms with van der Waals surface area (Å²) in [6.07, 6.45) is 1.54. The molecule has 2 aromatic rings. The summed E-state index contributed by atoms with van der Waals surface area (Å²) in [5.74, 6) is 0.314. The molecule has 112 valence electrons. The molecule has 0 atom stereocenters. The van der Waals surface area contributed by atoms with E-state index >= 15 is 0 Å². The van der Waals surface area contributed by atoms with Crippen molar-refractivity contribution in [2.24, 2.45) is 0 Å². The van der Waals surface area contributed by atoms with Gasteiger partial charge in [0.15, 0.2) is 0 Å². The van der Waals surface area contributed by atoms with Gasteiger partial charge in [-0.1, -0.05) is 11.6 Å². The first kappa shape index (κ1) is 16.3. The van der Waals surface area contributed by atoms with Crippen LogP contribution in [-0.4, -0.2) is 19.9 Å². The van der Waals surface area contributed by atoms with Gasteiger partial charge in [0.1, 0.15) is 10.7 Å². The number of benzene rings is 1. The number of nitrogens with zero attached hydrogens (tertiary/aromatic N) is 1. The summed E-state index contributed by atoms with van der Waals surface area (Å²) < 4.78 is 28.4. The molecular formula is C13H13ClIN3O2S. The minimum Gasteiger partial charge on any atom is -0.369 e. The van der Waals surface area contributed by atoms with E-state index in [4.69, 9.17) is 11.6 Å². The molecule has 0 amide bonds. The van der Waals surface area contributed by atoms with Crippen LogP contribution in [0, 0.1) is 3.57 Å². The Hall–Kier alpha value is -1.06. The first-order valence-electron chi connectivity index (χ1n) is 6.11. The second-order valence-corrected chi connectivity index (χ2v) is 7.41. The molecule has 0 saturated carbocycles. The lowest BCUT2D eigenvalue weighted by atomic mass is 10.3. The normalized spacial score (nSPS) is 11.2. The van der Waals surface area contributed by atoms with Gasteiger partial charge in [-0.3, -0.25) is 4.72 Å². The van der Waals surface area contributed by atoms with Crippen LogP contribution in [0.1, 0.15) is 6.92 Å². The Morgan fingerprint density at radius 2 is 2.10 bits per heavy atom. The highest BCUT2D eigenvalue weighted by Crippen LogP contribution is 2.27. The van der Waals surface area contributed by atoms with Crippen LogP contribution in [0.5, 0.6) is 0 Å². The molecule has 1 heterocycles. The van der Waals surface area contributed by atoms with E-state index in [0.717, 1.165) is 3.57 Å². The van der Waals surface area contributed by atoms with E-state index in [2.05, 4.69) is 37.6 Å². The van der Waals surface area contributed by atoms with E-state index < -0.39 is 10.0 Å². The summed E-state index contributed by atoms with van der Waals surface area (Å²) >= 11 is 8.17. The summed E-state index contributed by atoms with van der Waals surface area (Å²) in [4.78, 5) is 4.13. The Morgan fingerprint density at radius 1 is 1.33 bits per heavy atom. The number of aromatic nitrogens is 1. The van der Waals surface area contributed by atoms with Crippen molar-refractivity contribution in [3.05, 3.63) is 45.1 Å². The highest BCUT2D eigenvalue weighted by atomic mass is 127. The highest BCUT2D eigenvalue weighted by molar-refractivity contribution is 14.1. The molecular weight excluding hydrogens is 425 g/mol. The van der Waals surface area contributed by atoms with Crippen molar-refractivity contribution in [3.8, 4) is 0 Å². The number of pyridine rings is 1. The maximum atomic E-state index is 12.5.